The molecule has 0 bridgehead atoms. The maximum Gasteiger partial charge on any atom is 0.328 e. The van der Waals surface area contributed by atoms with Crippen LogP contribution in [0.4, 0.5) is 4.79 Å². The third-order valence-electron chi connectivity index (χ3n) is 3.74. The first-order valence-electron chi connectivity index (χ1n) is 8.29. The first-order chi connectivity index (χ1) is 13.5. The van der Waals surface area contributed by atoms with E-state index >= 15 is 0 Å². The van der Waals surface area contributed by atoms with E-state index in [0.717, 1.165) is 0 Å². The lowest BCUT2D eigenvalue weighted by molar-refractivity contribution is -0.123. The van der Waals surface area contributed by atoms with Gasteiger partial charge in [0.15, 0.2) is 0 Å². The Kier molecular flexibility index (Phi) is 5.67. The zero-order valence-corrected chi connectivity index (χ0v) is 14.6. The molecule has 0 aliphatic carbocycles. The second kappa shape index (κ2) is 8.51. The summed E-state index contributed by atoms with van der Waals surface area (Å²) in [5.74, 6) is -0.242. The van der Waals surface area contributed by atoms with Gasteiger partial charge in [-0.25, -0.2) is 4.79 Å². The zero-order valence-electron chi connectivity index (χ0n) is 14.6. The Labute approximate surface area is 160 Å². The van der Waals surface area contributed by atoms with Crippen LogP contribution >= 0.6 is 0 Å². The van der Waals surface area contributed by atoms with Crippen molar-refractivity contribution in [2.75, 3.05) is 13.2 Å². The summed E-state index contributed by atoms with van der Waals surface area (Å²) in [6.07, 6.45) is 1.38. The van der Waals surface area contributed by atoms with Crippen LogP contribution in [0.2, 0.25) is 0 Å². The zero-order chi connectivity index (χ0) is 19.9. The largest absolute Gasteiger partial charge is 0.490 e. The van der Waals surface area contributed by atoms with Crippen LogP contribution in [0.3, 0.4) is 0 Å². The number of rotatable bonds is 6. The number of nitriles is 1. The van der Waals surface area contributed by atoms with Gasteiger partial charge < -0.3 is 9.47 Å². The van der Waals surface area contributed by atoms with Gasteiger partial charge in [0, 0.05) is 0 Å². The highest BCUT2D eigenvalue weighted by Crippen LogP contribution is 2.16. The molecule has 4 amide bonds. The van der Waals surface area contributed by atoms with Crippen LogP contribution in [0.5, 0.6) is 11.5 Å². The van der Waals surface area contributed by atoms with Gasteiger partial charge in [-0.05, 0) is 48.0 Å². The van der Waals surface area contributed by atoms with Crippen molar-refractivity contribution in [1.82, 2.24) is 10.6 Å². The number of hydrogen-bond acceptors (Lipinski definition) is 6. The Hall–Kier alpha value is -4.12. The number of hydrogen-bond donors (Lipinski definition) is 2. The number of benzene rings is 2. The average molecular weight is 377 g/mol. The molecule has 8 nitrogen and oxygen atoms in total. The Balaban J connectivity index is 1.51. The minimum absolute atomic E-state index is 0.149. The Bertz CT molecular complexity index is 950. The molecule has 8 heteroatoms. The van der Waals surface area contributed by atoms with Crippen LogP contribution < -0.4 is 20.1 Å². The molecule has 0 saturated carbocycles. The lowest BCUT2D eigenvalue weighted by Gasteiger charge is -2.14. The van der Waals surface area contributed by atoms with Gasteiger partial charge in [-0.15, -0.1) is 0 Å². The van der Waals surface area contributed by atoms with Gasteiger partial charge in [-0.3, -0.25) is 20.2 Å². The van der Waals surface area contributed by atoms with E-state index in [2.05, 4.69) is 0 Å². The van der Waals surface area contributed by atoms with Crippen molar-refractivity contribution in [2.45, 2.75) is 0 Å². The number of amides is 4. The SMILES string of the molecule is N#Cc1ccc(OCCOc2ccc(C=C3C(=O)NC(=O)NC3=O)cc2)cc1. The van der Waals surface area contributed by atoms with E-state index in [1.54, 1.807) is 48.5 Å². The quantitative estimate of drug-likeness (QED) is 0.450. The molecular formula is C20H15N3O5. The molecule has 1 saturated heterocycles. The Morgan fingerprint density at radius 2 is 1.32 bits per heavy atom. The summed E-state index contributed by atoms with van der Waals surface area (Å²) in [6, 6.07) is 14.7. The van der Waals surface area contributed by atoms with Gasteiger partial charge in [0.2, 0.25) is 0 Å². The highest BCUT2D eigenvalue weighted by atomic mass is 16.5. The van der Waals surface area contributed by atoms with Crippen molar-refractivity contribution in [3.63, 3.8) is 0 Å². The molecule has 1 heterocycles. The van der Waals surface area contributed by atoms with Crippen LogP contribution in [0.1, 0.15) is 11.1 Å². The predicted octanol–water partition coefficient (Wildman–Crippen LogP) is 1.77. The molecule has 0 unspecified atom stereocenters. The van der Waals surface area contributed by atoms with E-state index < -0.39 is 17.8 Å². The van der Waals surface area contributed by atoms with Crippen LogP contribution in [-0.4, -0.2) is 31.1 Å². The van der Waals surface area contributed by atoms with Gasteiger partial charge in [-0.1, -0.05) is 12.1 Å². The standard InChI is InChI=1S/C20H15N3O5/c21-12-14-3-7-16(8-4-14)28-10-9-27-15-5-1-13(2-6-15)11-17-18(24)22-20(26)23-19(17)25/h1-8,11H,9-10H2,(H2,22,23,24,25,26). The molecule has 2 aromatic carbocycles. The molecule has 28 heavy (non-hydrogen) atoms. The van der Waals surface area contributed by atoms with Crippen LogP contribution in [0, 0.1) is 11.3 Å². The van der Waals surface area contributed by atoms with Crippen molar-refractivity contribution in [2.24, 2.45) is 0 Å². The first-order valence-corrected chi connectivity index (χ1v) is 8.29. The normalized spacial score (nSPS) is 13.2. The molecule has 2 aromatic rings. The average Bonchev–Trinajstić information content (AvgIpc) is 2.69. The lowest BCUT2D eigenvalue weighted by Crippen LogP contribution is -2.51. The predicted molar refractivity (Wildman–Crippen MR) is 98.2 cm³/mol. The third-order valence-corrected chi connectivity index (χ3v) is 3.74. The first kappa shape index (κ1) is 18.7. The highest BCUT2D eigenvalue weighted by molar-refractivity contribution is 6.31. The van der Waals surface area contributed by atoms with Gasteiger partial charge in [0.05, 0.1) is 11.6 Å². The third kappa shape index (κ3) is 4.74. The van der Waals surface area contributed by atoms with Crippen molar-refractivity contribution in [3.8, 4) is 17.6 Å². The van der Waals surface area contributed by atoms with Crippen molar-refractivity contribution in [1.29, 1.82) is 5.26 Å². The molecular weight excluding hydrogens is 362 g/mol. The second-order valence-corrected chi connectivity index (χ2v) is 5.70. The number of urea groups is 1. The second-order valence-electron chi connectivity index (χ2n) is 5.70. The van der Waals surface area contributed by atoms with Crippen LogP contribution in [0.15, 0.2) is 54.1 Å². The van der Waals surface area contributed by atoms with Gasteiger partial charge in [0.1, 0.15) is 30.3 Å². The maximum atomic E-state index is 11.7. The van der Waals surface area contributed by atoms with Gasteiger partial charge in [0.25, 0.3) is 11.8 Å². The van der Waals surface area contributed by atoms with Gasteiger partial charge >= 0.3 is 6.03 Å². The summed E-state index contributed by atoms with van der Waals surface area (Å²) in [6.45, 7) is 0.638. The number of nitrogens with one attached hydrogen (secondary N) is 2. The molecule has 1 aliphatic heterocycles. The van der Waals surface area contributed by atoms with Crippen molar-refractivity contribution >= 4 is 23.9 Å². The van der Waals surface area contributed by atoms with E-state index in [1.807, 2.05) is 16.7 Å². The highest BCUT2D eigenvalue weighted by Gasteiger charge is 2.27. The molecule has 140 valence electrons. The fourth-order valence-electron chi connectivity index (χ4n) is 2.38. The summed E-state index contributed by atoms with van der Waals surface area (Å²) in [5.41, 5.74) is 1.02. The number of nitrogens with zero attached hydrogens (tertiary/aromatic N) is 1. The maximum absolute atomic E-state index is 11.7. The lowest BCUT2D eigenvalue weighted by atomic mass is 10.1. The summed E-state index contributed by atoms with van der Waals surface area (Å²) >= 11 is 0. The summed E-state index contributed by atoms with van der Waals surface area (Å²) in [4.78, 5) is 34.4. The molecule has 1 aliphatic rings. The number of carbonyl (C=O) groups is 3. The topological polar surface area (TPSA) is 118 Å². The van der Waals surface area contributed by atoms with E-state index in [-0.39, 0.29) is 5.57 Å². The van der Waals surface area contributed by atoms with Crippen molar-refractivity contribution in [3.05, 3.63) is 65.2 Å². The van der Waals surface area contributed by atoms with Crippen molar-refractivity contribution < 1.29 is 23.9 Å². The number of carbonyl (C=O) groups excluding carboxylic acids is 3. The van der Waals surface area contributed by atoms with Crippen LogP contribution in [0.25, 0.3) is 6.08 Å². The molecule has 0 aromatic heterocycles. The minimum Gasteiger partial charge on any atom is -0.490 e. The monoisotopic (exact) mass is 377 g/mol. The smallest absolute Gasteiger partial charge is 0.328 e. The Morgan fingerprint density at radius 1 is 0.821 bits per heavy atom. The number of imide groups is 2. The summed E-state index contributed by atoms with van der Waals surface area (Å²) in [5, 5.41) is 12.8. The van der Waals surface area contributed by atoms with E-state index in [4.69, 9.17) is 14.7 Å². The molecule has 0 atom stereocenters. The van der Waals surface area contributed by atoms with E-state index in [0.29, 0.717) is 35.8 Å². The summed E-state index contributed by atoms with van der Waals surface area (Å²) < 4.78 is 11.1. The molecule has 2 N–H and O–H groups in total. The van der Waals surface area contributed by atoms with Crippen LogP contribution in [-0.2, 0) is 9.59 Å². The molecule has 0 radical (unpaired) electrons. The fraction of sp³-hybridized carbons (Fsp3) is 0.100. The summed E-state index contributed by atoms with van der Waals surface area (Å²) in [7, 11) is 0. The van der Waals surface area contributed by atoms with E-state index in [1.165, 1.54) is 6.08 Å². The Morgan fingerprint density at radius 3 is 1.82 bits per heavy atom. The fourth-order valence-corrected chi connectivity index (χ4v) is 2.38. The minimum atomic E-state index is -0.834. The number of barbiturate groups is 1. The number of ether oxygens (including phenoxy) is 2. The molecule has 0 spiro atoms. The molecule has 3 rings (SSSR count). The van der Waals surface area contributed by atoms with Gasteiger partial charge in [-0.2, -0.15) is 5.26 Å². The molecule has 1 fully saturated rings. The van der Waals surface area contributed by atoms with E-state index in [9.17, 15) is 14.4 Å².